The molecule has 146 valence electrons. The fourth-order valence-electron chi connectivity index (χ4n) is 3.29. The van der Waals surface area contributed by atoms with Crippen molar-refractivity contribution in [2.75, 3.05) is 0 Å². The lowest BCUT2D eigenvalue weighted by atomic mass is 10.1. The molecular formula is C20H17FN6OS. The molecule has 1 unspecified atom stereocenters. The molecule has 5 rings (SSSR count). The second kappa shape index (κ2) is 7.00. The predicted molar refractivity (Wildman–Crippen MR) is 107 cm³/mol. The van der Waals surface area contributed by atoms with Crippen LogP contribution in [0, 0.1) is 5.82 Å². The summed E-state index contributed by atoms with van der Waals surface area (Å²) in [7, 11) is 0. The first kappa shape index (κ1) is 17.9. The van der Waals surface area contributed by atoms with Gasteiger partial charge in [-0.15, -0.1) is 15.3 Å². The molecule has 0 spiro atoms. The van der Waals surface area contributed by atoms with Crippen molar-refractivity contribution in [2.24, 2.45) is 5.73 Å². The SMILES string of the molecule is NC(=O)C(Sc1nnc2n(C3CC3)c(-c3ccccc3)nn12)c1ccc(F)cc1. The number of carbonyl (C=O) groups excluding carboxylic acids is 1. The van der Waals surface area contributed by atoms with E-state index in [-0.39, 0.29) is 5.82 Å². The largest absolute Gasteiger partial charge is 0.368 e. The van der Waals surface area contributed by atoms with Gasteiger partial charge in [0.15, 0.2) is 5.82 Å². The number of nitrogens with zero attached hydrogens (tertiary/aromatic N) is 5. The minimum absolute atomic E-state index is 0.348. The quantitative estimate of drug-likeness (QED) is 0.494. The normalized spacial score (nSPS) is 14.9. The minimum Gasteiger partial charge on any atom is -0.368 e. The van der Waals surface area contributed by atoms with Gasteiger partial charge >= 0.3 is 0 Å². The summed E-state index contributed by atoms with van der Waals surface area (Å²) in [6, 6.07) is 16.0. The van der Waals surface area contributed by atoms with E-state index in [1.54, 1.807) is 16.6 Å². The minimum atomic E-state index is -0.728. The molecule has 2 aromatic heterocycles. The van der Waals surface area contributed by atoms with Gasteiger partial charge in [0.25, 0.3) is 5.78 Å². The van der Waals surface area contributed by atoms with Gasteiger partial charge in [-0.3, -0.25) is 9.36 Å². The third-order valence-corrected chi connectivity index (χ3v) is 6.04. The number of primary amides is 1. The number of hydrogen-bond acceptors (Lipinski definition) is 5. The maximum Gasteiger partial charge on any atom is 0.255 e. The first-order valence-electron chi connectivity index (χ1n) is 9.22. The van der Waals surface area contributed by atoms with E-state index in [9.17, 15) is 9.18 Å². The molecular weight excluding hydrogens is 391 g/mol. The zero-order valence-corrected chi connectivity index (χ0v) is 16.1. The molecule has 2 heterocycles. The summed E-state index contributed by atoms with van der Waals surface area (Å²) in [5, 5.41) is 13.0. The van der Waals surface area contributed by atoms with Crippen LogP contribution < -0.4 is 5.73 Å². The number of benzene rings is 2. The summed E-state index contributed by atoms with van der Waals surface area (Å²) in [5.74, 6) is 0.541. The van der Waals surface area contributed by atoms with Crippen LogP contribution in [0.5, 0.6) is 0 Å². The molecule has 1 amide bonds. The summed E-state index contributed by atoms with van der Waals surface area (Å²) in [5.41, 5.74) is 7.21. The topological polar surface area (TPSA) is 91.1 Å². The van der Waals surface area contributed by atoms with Crippen LogP contribution in [0.1, 0.15) is 29.7 Å². The molecule has 29 heavy (non-hydrogen) atoms. The van der Waals surface area contributed by atoms with Crippen LogP contribution in [-0.4, -0.2) is 30.3 Å². The highest BCUT2D eigenvalue weighted by atomic mass is 32.2. The summed E-state index contributed by atoms with van der Waals surface area (Å²) in [6.45, 7) is 0. The van der Waals surface area contributed by atoms with Crippen molar-refractivity contribution < 1.29 is 9.18 Å². The summed E-state index contributed by atoms with van der Waals surface area (Å²) in [4.78, 5) is 12.1. The zero-order chi connectivity index (χ0) is 20.0. The van der Waals surface area contributed by atoms with E-state index in [2.05, 4.69) is 14.8 Å². The van der Waals surface area contributed by atoms with Gasteiger partial charge in [-0.05, 0) is 30.5 Å². The number of thioether (sulfide) groups is 1. The molecule has 0 saturated heterocycles. The lowest BCUT2D eigenvalue weighted by molar-refractivity contribution is -0.117. The number of fused-ring (bicyclic) bond motifs is 1. The van der Waals surface area contributed by atoms with Gasteiger partial charge in [0.2, 0.25) is 11.1 Å². The Labute approximate surface area is 169 Å². The molecule has 1 saturated carbocycles. The van der Waals surface area contributed by atoms with Gasteiger partial charge in [0.1, 0.15) is 11.1 Å². The van der Waals surface area contributed by atoms with Crippen LogP contribution in [0.4, 0.5) is 4.39 Å². The van der Waals surface area contributed by atoms with Crippen LogP contribution >= 0.6 is 11.8 Å². The fraction of sp³-hybridized carbons (Fsp3) is 0.200. The van der Waals surface area contributed by atoms with Crippen LogP contribution in [0.3, 0.4) is 0 Å². The van der Waals surface area contributed by atoms with Crippen LogP contribution in [-0.2, 0) is 4.79 Å². The number of aromatic nitrogens is 5. The van der Waals surface area contributed by atoms with E-state index < -0.39 is 11.2 Å². The molecule has 1 fully saturated rings. The third kappa shape index (κ3) is 3.27. The Morgan fingerprint density at radius 3 is 2.48 bits per heavy atom. The summed E-state index contributed by atoms with van der Waals surface area (Å²) in [6.07, 6.45) is 2.14. The van der Waals surface area contributed by atoms with Gasteiger partial charge < -0.3 is 5.73 Å². The smallest absolute Gasteiger partial charge is 0.255 e. The van der Waals surface area contributed by atoms with Gasteiger partial charge in [-0.25, -0.2) is 4.39 Å². The number of rotatable bonds is 6. The van der Waals surface area contributed by atoms with E-state index in [0.29, 0.717) is 22.5 Å². The Balaban J connectivity index is 1.57. The molecule has 0 aliphatic heterocycles. The average molecular weight is 408 g/mol. The van der Waals surface area contributed by atoms with Crippen LogP contribution in [0.15, 0.2) is 59.8 Å². The first-order chi connectivity index (χ1) is 14.1. The standard InChI is InChI=1S/C20H17FN6OS/c21-14-8-6-12(7-9-14)16(17(22)28)29-20-24-23-19-26(15-10-11-15)18(25-27(19)20)13-4-2-1-3-5-13/h1-9,15-16H,10-11H2,(H2,22,28). The first-order valence-corrected chi connectivity index (χ1v) is 10.1. The molecule has 2 aromatic carbocycles. The van der Waals surface area contributed by atoms with Crippen molar-refractivity contribution in [1.29, 1.82) is 0 Å². The van der Waals surface area contributed by atoms with E-state index in [4.69, 9.17) is 10.8 Å². The van der Waals surface area contributed by atoms with Crippen molar-refractivity contribution in [3.8, 4) is 11.4 Å². The summed E-state index contributed by atoms with van der Waals surface area (Å²) < 4.78 is 17.0. The lowest BCUT2D eigenvalue weighted by Crippen LogP contribution is -2.19. The van der Waals surface area contributed by atoms with Gasteiger partial charge in [0, 0.05) is 11.6 Å². The van der Waals surface area contributed by atoms with Crippen molar-refractivity contribution in [1.82, 2.24) is 24.4 Å². The molecule has 1 atom stereocenters. The second-order valence-corrected chi connectivity index (χ2v) is 8.01. The highest BCUT2D eigenvalue weighted by Crippen LogP contribution is 2.41. The van der Waals surface area contributed by atoms with Crippen molar-refractivity contribution in [3.63, 3.8) is 0 Å². The molecule has 9 heteroatoms. The molecule has 1 aliphatic rings. The van der Waals surface area contributed by atoms with Gasteiger partial charge in [-0.2, -0.15) is 4.52 Å². The monoisotopic (exact) mass is 408 g/mol. The molecule has 7 nitrogen and oxygen atoms in total. The number of nitrogens with two attached hydrogens (primary N) is 1. The van der Waals surface area contributed by atoms with Crippen molar-refractivity contribution in [3.05, 3.63) is 66.0 Å². The second-order valence-electron chi connectivity index (χ2n) is 6.94. The number of amides is 1. The van der Waals surface area contributed by atoms with Gasteiger partial charge in [-0.1, -0.05) is 54.2 Å². The Morgan fingerprint density at radius 1 is 1.10 bits per heavy atom. The van der Waals surface area contributed by atoms with E-state index in [1.165, 1.54) is 12.1 Å². The van der Waals surface area contributed by atoms with Gasteiger partial charge in [0.05, 0.1) is 0 Å². The van der Waals surface area contributed by atoms with Crippen molar-refractivity contribution >= 4 is 23.4 Å². The molecule has 0 bridgehead atoms. The highest BCUT2D eigenvalue weighted by molar-refractivity contribution is 8.00. The maximum absolute atomic E-state index is 13.3. The average Bonchev–Trinajstić information content (AvgIpc) is 3.38. The van der Waals surface area contributed by atoms with Crippen LogP contribution in [0.25, 0.3) is 17.2 Å². The molecule has 0 radical (unpaired) electrons. The molecule has 1 aliphatic carbocycles. The predicted octanol–water partition coefficient (Wildman–Crippen LogP) is 3.39. The number of carbonyl (C=O) groups is 1. The van der Waals surface area contributed by atoms with E-state index in [0.717, 1.165) is 36.0 Å². The zero-order valence-electron chi connectivity index (χ0n) is 15.3. The Kier molecular flexibility index (Phi) is 4.31. The maximum atomic E-state index is 13.3. The lowest BCUT2D eigenvalue weighted by Gasteiger charge is -2.11. The van der Waals surface area contributed by atoms with Crippen LogP contribution in [0.2, 0.25) is 0 Å². The molecule has 2 N–H and O–H groups in total. The summed E-state index contributed by atoms with van der Waals surface area (Å²) >= 11 is 1.16. The number of hydrogen-bond donors (Lipinski definition) is 1. The fourth-order valence-corrected chi connectivity index (χ4v) is 4.22. The third-order valence-electron chi connectivity index (χ3n) is 4.83. The van der Waals surface area contributed by atoms with E-state index >= 15 is 0 Å². The highest BCUT2D eigenvalue weighted by Gasteiger charge is 2.32. The molecule has 4 aromatic rings. The van der Waals surface area contributed by atoms with E-state index in [1.807, 2.05) is 30.3 Å². The Bertz CT molecular complexity index is 1180. The number of halogens is 1. The Hall–Kier alpha value is -3.20. The Morgan fingerprint density at radius 2 is 1.83 bits per heavy atom. The van der Waals surface area contributed by atoms with Crippen molar-refractivity contribution in [2.45, 2.75) is 29.3 Å².